The Morgan fingerprint density at radius 2 is 1.76 bits per heavy atom. The fourth-order valence-corrected chi connectivity index (χ4v) is 3.85. The smallest absolute Gasteiger partial charge is 0.143 e. The molecule has 4 aromatic heterocycles. The molecule has 5 rings (SSSR count). The summed E-state index contributed by atoms with van der Waals surface area (Å²) in [6.45, 7) is 5.98. The van der Waals surface area contributed by atoms with Crippen molar-refractivity contribution in [3.63, 3.8) is 0 Å². The van der Waals surface area contributed by atoms with Gasteiger partial charge in [0.25, 0.3) is 0 Å². The van der Waals surface area contributed by atoms with Crippen molar-refractivity contribution in [2.24, 2.45) is 0 Å². The van der Waals surface area contributed by atoms with Crippen molar-refractivity contribution in [3.05, 3.63) is 84.0 Å². The van der Waals surface area contributed by atoms with E-state index < -0.39 is 0 Å². The maximum atomic E-state index is 5.42. The summed E-state index contributed by atoms with van der Waals surface area (Å²) in [7, 11) is 0. The Kier molecular flexibility index (Phi) is 4.02. The predicted octanol–water partition coefficient (Wildman–Crippen LogP) is 5.67. The van der Waals surface area contributed by atoms with Gasteiger partial charge in [0.2, 0.25) is 0 Å². The number of rotatable bonds is 3. The van der Waals surface area contributed by atoms with Crippen molar-refractivity contribution in [2.75, 3.05) is 0 Å². The molecule has 142 valence electrons. The summed E-state index contributed by atoms with van der Waals surface area (Å²) in [5.41, 5.74) is 6.92. The van der Waals surface area contributed by atoms with Crippen LogP contribution in [0.25, 0.3) is 39.2 Å². The highest BCUT2D eigenvalue weighted by Gasteiger charge is 2.19. The van der Waals surface area contributed by atoms with Crippen LogP contribution in [0.5, 0.6) is 0 Å². The molecule has 0 saturated heterocycles. The zero-order valence-electron chi connectivity index (χ0n) is 16.5. The average Bonchev–Trinajstić information content (AvgIpc) is 3.31. The summed E-state index contributed by atoms with van der Waals surface area (Å²) < 4.78 is 7.52. The van der Waals surface area contributed by atoms with Gasteiger partial charge in [-0.05, 0) is 50.6 Å². The zero-order valence-corrected chi connectivity index (χ0v) is 16.5. The molecule has 29 heavy (non-hydrogen) atoms. The van der Waals surface area contributed by atoms with Crippen LogP contribution in [0.1, 0.15) is 17.0 Å². The van der Waals surface area contributed by atoms with Gasteiger partial charge in [-0.2, -0.15) is 0 Å². The normalized spacial score (nSPS) is 11.3. The topological polar surface area (TPSA) is 56.7 Å². The second kappa shape index (κ2) is 6.71. The number of hydrogen-bond acceptors (Lipinski definition) is 4. The molecule has 0 radical (unpaired) electrons. The van der Waals surface area contributed by atoms with Crippen molar-refractivity contribution in [2.45, 2.75) is 20.8 Å². The van der Waals surface area contributed by atoms with Gasteiger partial charge in [0.05, 0.1) is 28.2 Å². The quantitative estimate of drug-likeness (QED) is 0.405. The van der Waals surface area contributed by atoms with Gasteiger partial charge in [0.1, 0.15) is 11.6 Å². The van der Waals surface area contributed by atoms with Crippen molar-refractivity contribution in [3.8, 4) is 28.3 Å². The highest BCUT2D eigenvalue weighted by molar-refractivity contribution is 5.97. The van der Waals surface area contributed by atoms with E-state index in [4.69, 9.17) is 9.51 Å². The Hall–Kier alpha value is -3.73. The van der Waals surface area contributed by atoms with Gasteiger partial charge >= 0.3 is 0 Å². The van der Waals surface area contributed by atoms with Crippen LogP contribution in [0.15, 0.2) is 71.5 Å². The lowest BCUT2D eigenvalue weighted by molar-refractivity contribution is 0.393. The van der Waals surface area contributed by atoms with E-state index >= 15 is 0 Å². The van der Waals surface area contributed by atoms with Crippen LogP contribution in [0.4, 0.5) is 0 Å². The molecule has 0 bridgehead atoms. The van der Waals surface area contributed by atoms with E-state index in [1.807, 2.05) is 50.4 Å². The van der Waals surface area contributed by atoms with Crippen molar-refractivity contribution in [1.82, 2.24) is 19.7 Å². The maximum Gasteiger partial charge on any atom is 0.143 e. The Morgan fingerprint density at radius 1 is 0.931 bits per heavy atom. The van der Waals surface area contributed by atoms with Crippen LogP contribution >= 0.6 is 0 Å². The van der Waals surface area contributed by atoms with Crippen molar-refractivity contribution in [1.29, 1.82) is 0 Å². The summed E-state index contributed by atoms with van der Waals surface area (Å²) in [5, 5.41) is 5.21. The molecule has 4 heterocycles. The summed E-state index contributed by atoms with van der Waals surface area (Å²) in [6.07, 6.45) is 3.85. The van der Waals surface area contributed by atoms with Crippen LogP contribution in [0, 0.1) is 20.8 Å². The van der Waals surface area contributed by atoms with Crippen LogP contribution in [-0.2, 0) is 0 Å². The molecule has 0 aliphatic rings. The SMILES string of the molecule is Cc1ccccc1-c1nc(-c2c(C)noc2C)cc2c1ccn2-c1ccccn1. The fourth-order valence-electron chi connectivity index (χ4n) is 3.85. The Labute approximate surface area is 168 Å². The van der Waals surface area contributed by atoms with E-state index in [1.165, 1.54) is 5.56 Å². The van der Waals surface area contributed by atoms with Crippen LogP contribution < -0.4 is 0 Å². The van der Waals surface area contributed by atoms with Gasteiger partial charge in [-0.25, -0.2) is 9.97 Å². The van der Waals surface area contributed by atoms with E-state index in [0.717, 1.165) is 50.7 Å². The summed E-state index contributed by atoms with van der Waals surface area (Å²) in [4.78, 5) is 9.60. The number of pyridine rings is 2. The number of nitrogens with zero attached hydrogens (tertiary/aromatic N) is 4. The highest BCUT2D eigenvalue weighted by atomic mass is 16.5. The number of fused-ring (bicyclic) bond motifs is 1. The number of aromatic nitrogens is 4. The van der Waals surface area contributed by atoms with Gasteiger partial charge < -0.3 is 9.09 Å². The Bertz CT molecular complexity index is 1310. The van der Waals surface area contributed by atoms with E-state index in [0.29, 0.717) is 0 Å². The van der Waals surface area contributed by atoms with E-state index in [-0.39, 0.29) is 0 Å². The molecular formula is C24H20N4O. The molecule has 0 N–H and O–H groups in total. The molecule has 0 spiro atoms. The molecule has 5 aromatic rings. The van der Waals surface area contributed by atoms with Gasteiger partial charge in [-0.15, -0.1) is 0 Å². The summed E-state index contributed by atoms with van der Waals surface area (Å²) >= 11 is 0. The molecule has 0 aliphatic heterocycles. The Morgan fingerprint density at radius 3 is 2.48 bits per heavy atom. The first-order valence-electron chi connectivity index (χ1n) is 9.56. The largest absolute Gasteiger partial charge is 0.361 e. The average molecular weight is 380 g/mol. The lowest BCUT2D eigenvalue weighted by Crippen LogP contribution is -1.98. The lowest BCUT2D eigenvalue weighted by Gasteiger charge is -2.11. The van der Waals surface area contributed by atoms with E-state index in [2.05, 4.69) is 45.9 Å². The second-order valence-corrected chi connectivity index (χ2v) is 7.18. The first-order chi connectivity index (χ1) is 14.1. The molecular weight excluding hydrogens is 360 g/mol. The second-order valence-electron chi connectivity index (χ2n) is 7.18. The third-order valence-corrected chi connectivity index (χ3v) is 5.27. The first kappa shape index (κ1) is 17.4. The summed E-state index contributed by atoms with van der Waals surface area (Å²) in [6, 6.07) is 18.4. The number of benzene rings is 1. The monoisotopic (exact) mass is 380 g/mol. The predicted molar refractivity (Wildman–Crippen MR) is 114 cm³/mol. The third kappa shape index (κ3) is 2.83. The molecule has 0 unspecified atom stereocenters. The number of hydrogen-bond donors (Lipinski definition) is 0. The molecule has 1 aromatic carbocycles. The van der Waals surface area contributed by atoms with Gasteiger partial charge in [-0.3, -0.25) is 0 Å². The lowest BCUT2D eigenvalue weighted by atomic mass is 10.0. The first-order valence-corrected chi connectivity index (χ1v) is 9.56. The van der Waals surface area contributed by atoms with Gasteiger partial charge in [0.15, 0.2) is 0 Å². The van der Waals surface area contributed by atoms with Gasteiger partial charge in [0, 0.05) is 23.3 Å². The van der Waals surface area contributed by atoms with Crippen LogP contribution in [0.2, 0.25) is 0 Å². The van der Waals surface area contributed by atoms with Crippen molar-refractivity contribution < 1.29 is 4.52 Å². The molecule has 0 atom stereocenters. The van der Waals surface area contributed by atoms with E-state index in [9.17, 15) is 0 Å². The molecule has 0 saturated carbocycles. The Balaban J connectivity index is 1.87. The van der Waals surface area contributed by atoms with Gasteiger partial charge in [-0.1, -0.05) is 35.5 Å². The zero-order chi connectivity index (χ0) is 20.0. The minimum absolute atomic E-state index is 0.765. The molecule has 5 nitrogen and oxygen atoms in total. The highest BCUT2D eigenvalue weighted by Crippen LogP contribution is 2.35. The number of aryl methyl sites for hydroxylation is 3. The van der Waals surface area contributed by atoms with Crippen LogP contribution in [-0.4, -0.2) is 19.7 Å². The molecule has 0 fully saturated rings. The van der Waals surface area contributed by atoms with Crippen LogP contribution in [0.3, 0.4) is 0 Å². The summed E-state index contributed by atoms with van der Waals surface area (Å²) in [5.74, 6) is 1.63. The minimum atomic E-state index is 0.765. The fraction of sp³-hybridized carbons (Fsp3) is 0.125. The maximum absolute atomic E-state index is 5.42. The van der Waals surface area contributed by atoms with Crippen molar-refractivity contribution >= 4 is 10.9 Å². The standard InChI is InChI=1S/C24H20N4O/c1-15-8-4-5-9-18(15)24-19-11-13-28(22-10-6-7-12-25-22)21(19)14-20(26-24)23-16(2)27-29-17(23)3/h4-14H,1-3H3. The minimum Gasteiger partial charge on any atom is -0.361 e. The third-order valence-electron chi connectivity index (χ3n) is 5.27. The molecule has 0 aliphatic carbocycles. The molecule has 5 heteroatoms. The molecule has 0 amide bonds. The van der Waals surface area contributed by atoms with E-state index in [1.54, 1.807) is 6.20 Å².